The number of fused-ring (bicyclic) bond motifs is 1. The number of aromatic amines is 2. The molecule has 2 unspecified atom stereocenters. The van der Waals surface area contributed by atoms with Crippen molar-refractivity contribution in [2.75, 3.05) is 6.54 Å². The minimum absolute atomic E-state index is 0.0560. The largest absolute Gasteiger partial charge is 0.333 e. The van der Waals surface area contributed by atoms with Gasteiger partial charge in [0.1, 0.15) is 5.69 Å². The van der Waals surface area contributed by atoms with Crippen molar-refractivity contribution >= 4 is 17.1 Å². The van der Waals surface area contributed by atoms with E-state index in [1.807, 2.05) is 4.90 Å². The van der Waals surface area contributed by atoms with Gasteiger partial charge in [0, 0.05) is 12.6 Å². The minimum Gasteiger partial charge on any atom is -0.333 e. The van der Waals surface area contributed by atoms with Crippen molar-refractivity contribution in [3.63, 3.8) is 0 Å². The summed E-state index contributed by atoms with van der Waals surface area (Å²) < 4.78 is 0. The van der Waals surface area contributed by atoms with Crippen LogP contribution in [0, 0.1) is 17.8 Å². The van der Waals surface area contributed by atoms with Crippen LogP contribution in [0.5, 0.6) is 0 Å². The van der Waals surface area contributed by atoms with E-state index in [2.05, 4.69) is 42.6 Å². The van der Waals surface area contributed by atoms with Gasteiger partial charge in [-0.05, 0) is 29.9 Å². The van der Waals surface area contributed by atoms with E-state index in [0.717, 1.165) is 6.54 Å². The van der Waals surface area contributed by atoms with Crippen molar-refractivity contribution in [2.24, 2.45) is 17.8 Å². The van der Waals surface area contributed by atoms with E-state index in [1.165, 1.54) is 0 Å². The second kappa shape index (κ2) is 5.26. The molecule has 1 saturated heterocycles. The van der Waals surface area contributed by atoms with Gasteiger partial charge in [-0.25, -0.2) is 9.78 Å². The first kappa shape index (κ1) is 14.8. The molecule has 0 bridgehead atoms. The highest BCUT2D eigenvalue weighted by Crippen LogP contribution is 2.36. The van der Waals surface area contributed by atoms with Crippen LogP contribution in [0.25, 0.3) is 11.2 Å². The van der Waals surface area contributed by atoms with Crippen LogP contribution in [0.2, 0.25) is 0 Å². The van der Waals surface area contributed by atoms with Crippen LogP contribution in [-0.4, -0.2) is 38.3 Å². The molecule has 0 spiro atoms. The monoisotopic (exact) mass is 302 g/mol. The lowest BCUT2D eigenvalue weighted by atomic mass is 9.74. The predicted octanol–water partition coefficient (Wildman–Crippen LogP) is 2.00. The average Bonchev–Trinajstić information content (AvgIpc) is 2.74. The number of rotatable bonds is 3. The van der Waals surface area contributed by atoms with Gasteiger partial charge in [0.2, 0.25) is 0 Å². The first-order chi connectivity index (χ1) is 10.4. The van der Waals surface area contributed by atoms with Gasteiger partial charge in [0.15, 0.2) is 5.65 Å². The Kier molecular flexibility index (Phi) is 3.54. The highest BCUT2D eigenvalue weighted by atomic mass is 16.2. The van der Waals surface area contributed by atoms with Gasteiger partial charge < -0.3 is 9.88 Å². The number of pyridine rings is 1. The fraction of sp³-hybridized carbons (Fsp3) is 0.562. The number of imidazole rings is 1. The summed E-state index contributed by atoms with van der Waals surface area (Å²) in [6.45, 7) is 9.50. The van der Waals surface area contributed by atoms with E-state index < -0.39 is 0 Å². The van der Waals surface area contributed by atoms with Gasteiger partial charge in [0.05, 0.1) is 5.52 Å². The lowest BCUT2D eigenvalue weighted by molar-refractivity contribution is -0.0217. The molecule has 2 atom stereocenters. The van der Waals surface area contributed by atoms with Crippen LogP contribution < -0.4 is 5.69 Å². The van der Waals surface area contributed by atoms with Crippen molar-refractivity contribution in [3.05, 3.63) is 28.3 Å². The number of nitrogens with zero attached hydrogens (tertiary/aromatic N) is 2. The molecule has 0 radical (unpaired) electrons. The number of aromatic nitrogens is 3. The third-order valence-electron chi connectivity index (χ3n) is 4.60. The quantitative estimate of drug-likeness (QED) is 0.910. The van der Waals surface area contributed by atoms with Gasteiger partial charge in [-0.15, -0.1) is 0 Å². The number of hydrogen-bond acceptors (Lipinski definition) is 3. The highest BCUT2D eigenvalue weighted by molar-refractivity contribution is 5.94. The number of H-pyrrole nitrogens is 2. The SMILES string of the molecule is CC(C)C1CN(C(=O)c2ccc3[nH]c(=O)[nH]c3n2)C1C(C)C. The Labute approximate surface area is 128 Å². The molecule has 1 aliphatic heterocycles. The zero-order chi connectivity index (χ0) is 16.0. The van der Waals surface area contributed by atoms with E-state index in [0.29, 0.717) is 34.6 Å². The Morgan fingerprint density at radius 1 is 1.23 bits per heavy atom. The third kappa shape index (κ3) is 2.32. The van der Waals surface area contributed by atoms with E-state index in [1.54, 1.807) is 12.1 Å². The fourth-order valence-electron chi connectivity index (χ4n) is 3.41. The molecule has 0 aliphatic carbocycles. The topological polar surface area (TPSA) is 81.9 Å². The molecule has 22 heavy (non-hydrogen) atoms. The van der Waals surface area contributed by atoms with Crippen molar-refractivity contribution < 1.29 is 4.79 Å². The van der Waals surface area contributed by atoms with Crippen LogP contribution in [0.4, 0.5) is 0 Å². The highest BCUT2D eigenvalue weighted by Gasteiger charge is 2.45. The van der Waals surface area contributed by atoms with Gasteiger partial charge in [-0.2, -0.15) is 0 Å². The van der Waals surface area contributed by atoms with Crippen LogP contribution in [0.1, 0.15) is 38.2 Å². The van der Waals surface area contributed by atoms with Gasteiger partial charge in [-0.1, -0.05) is 27.7 Å². The van der Waals surface area contributed by atoms with Crippen LogP contribution >= 0.6 is 0 Å². The van der Waals surface area contributed by atoms with Crippen LogP contribution in [-0.2, 0) is 0 Å². The molecule has 6 nitrogen and oxygen atoms in total. The first-order valence-electron chi connectivity index (χ1n) is 7.78. The number of amides is 1. The van der Waals surface area contributed by atoms with Crippen LogP contribution in [0.3, 0.4) is 0 Å². The van der Waals surface area contributed by atoms with E-state index in [9.17, 15) is 9.59 Å². The van der Waals surface area contributed by atoms with E-state index in [4.69, 9.17) is 0 Å². The second-order valence-corrected chi connectivity index (χ2v) is 6.77. The Morgan fingerprint density at radius 3 is 2.59 bits per heavy atom. The lowest BCUT2D eigenvalue weighted by Gasteiger charge is -2.52. The fourth-order valence-corrected chi connectivity index (χ4v) is 3.41. The number of hydrogen-bond donors (Lipinski definition) is 2. The van der Waals surface area contributed by atoms with E-state index in [-0.39, 0.29) is 17.6 Å². The molecule has 0 aromatic carbocycles. The first-order valence-corrected chi connectivity index (χ1v) is 7.78. The maximum Gasteiger partial charge on any atom is 0.325 e. The summed E-state index contributed by atoms with van der Waals surface area (Å²) in [4.78, 5) is 35.4. The van der Waals surface area contributed by atoms with E-state index >= 15 is 0 Å². The number of carbonyl (C=O) groups is 1. The Bertz CT molecular complexity index is 759. The second-order valence-electron chi connectivity index (χ2n) is 6.77. The zero-order valence-electron chi connectivity index (χ0n) is 13.4. The van der Waals surface area contributed by atoms with Gasteiger partial charge in [-0.3, -0.25) is 9.78 Å². The Morgan fingerprint density at radius 2 is 1.95 bits per heavy atom. The summed E-state index contributed by atoms with van der Waals surface area (Å²) in [6, 6.07) is 3.65. The molecule has 118 valence electrons. The third-order valence-corrected chi connectivity index (χ3v) is 4.60. The number of nitrogens with one attached hydrogen (secondary N) is 2. The summed E-state index contributed by atoms with van der Waals surface area (Å²) >= 11 is 0. The Balaban J connectivity index is 1.87. The molecule has 0 saturated carbocycles. The summed E-state index contributed by atoms with van der Waals surface area (Å²) in [7, 11) is 0. The standard InChI is InChI=1S/C16H22N4O2/c1-8(2)10-7-20(13(10)9(3)4)15(21)12-6-5-11-14(17-12)19-16(22)18-11/h5-6,8-10,13H,7H2,1-4H3,(H2,17,18,19,22). The summed E-state index contributed by atoms with van der Waals surface area (Å²) in [6.07, 6.45) is 0. The van der Waals surface area contributed by atoms with Crippen LogP contribution in [0.15, 0.2) is 16.9 Å². The minimum atomic E-state index is -0.309. The molecule has 1 aliphatic rings. The molecule has 2 aromatic heterocycles. The summed E-state index contributed by atoms with van der Waals surface area (Å²) in [5.41, 5.74) is 1.12. The molecular weight excluding hydrogens is 280 g/mol. The van der Waals surface area contributed by atoms with Crippen molar-refractivity contribution in [3.8, 4) is 0 Å². The van der Waals surface area contributed by atoms with Gasteiger partial charge in [0.25, 0.3) is 5.91 Å². The van der Waals surface area contributed by atoms with Crippen molar-refractivity contribution in [1.29, 1.82) is 0 Å². The smallest absolute Gasteiger partial charge is 0.325 e. The van der Waals surface area contributed by atoms with Gasteiger partial charge >= 0.3 is 5.69 Å². The molecule has 3 heterocycles. The molecule has 2 aromatic rings. The zero-order valence-corrected chi connectivity index (χ0v) is 13.4. The summed E-state index contributed by atoms with van der Waals surface area (Å²) in [5.74, 6) is 1.47. The average molecular weight is 302 g/mol. The predicted molar refractivity (Wildman–Crippen MR) is 84.7 cm³/mol. The molecule has 1 fully saturated rings. The molecule has 6 heteroatoms. The summed E-state index contributed by atoms with van der Waals surface area (Å²) in [5, 5.41) is 0. The molecule has 2 N–H and O–H groups in total. The molecule has 3 rings (SSSR count). The number of carbonyl (C=O) groups excluding carboxylic acids is 1. The van der Waals surface area contributed by atoms with Crippen molar-refractivity contribution in [2.45, 2.75) is 33.7 Å². The Hall–Kier alpha value is -2.11. The molecular formula is C16H22N4O2. The maximum absolute atomic E-state index is 12.7. The molecule has 1 amide bonds. The lowest BCUT2D eigenvalue weighted by Crippen LogP contribution is -2.62. The normalized spacial score (nSPS) is 21.6. The maximum atomic E-state index is 12.7. The van der Waals surface area contributed by atoms with Crippen molar-refractivity contribution in [1.82, 2.24) is 19.9 Å². The number of likely N-dealkylation sites (tertiary alicyclic amines) is 1.